The Labute approximate surface area is 213 Å². The lowest BCUT2D eigenvalue weighted by atomic mass is 10.2. The summed E-state index contributed by atoms with van der Waals surface area (Å²) in [5, 5.41) is 16.6. The van der Waals surface area contributed by atoms with E-state index >= 15 is 0 Å². The van der Waals surface area contributed by atoms with E-state index in [2.05, 4.69) is 15.1 Å². The highest BCUT2D eigenvalue weighted by molar-refractivity contribution is 7.89. The average molecular weight is 527 g/mol. The number of nitrogens with zero attached hydrogens (tertiary/aromatic N) is 2. The molecule has 1 heterocycles. The van der Waals surface area contributed by atoms with Crippen LogP contribution < -0.4 is 19.5 Å². The van der Waals surface area contributed by atoms with Crippen molar-refractivity contribution in [1.29, 1.82) is 0 Å². The number of carbonyl (C=O) groups is 2. The minimum atomic E-state index is -4.01. The summed E-state index contributed by atoms with van der Waals surface area (Å²) in [5.41, 5.74) is 0.792. The van der Waals surface area contributed by atoms with Crippen molar-refractivity contribution in [2.24, 2.45) is 5.92 Å². The molecule has 0 spiro atoms. The molecule has 2 fully saturated rings. The Balaban J connectivity index is 1.57. The lowest BCUT2D eigenvalue weighted by Crippen LogP contribution is -2.26. The summed E-state index contributed by atoms with van der Waals surface area (Å²) >= 11 is 0. The summed E-state index contributed by atoms with van der Waals surface area (Å²) in [6.45, 7) is 1.53. The first-order valence-corrected chi connectivity index (χ1v) is 13.3. The monoisotopic (exact) mass is 526 g/mol. The Hall–Kier alpha value is -3.90. The van der Waals surface area contributed by atoms with Gasteiger partial charge in [-0.05, 0) is 75.1 Å². The number of sulfonamides is 1. The zero-order valence-electron chi connectivity index (χ0n) is 20.2. The van der Waals surface area contributed by atoms with Gasteiger partial charge in [0.15, 0.2) is 5.69 Å². The van der Waals surface area contributed by atoms with Gasteiger partial charge in [-0.15, -0.1) is 0 Å². The van der Waals surface area contributed by atoms with Crippen molar-refractivity contribution in [2.45, 2.75) is 43.5 Å². The fraction of sp³-hybridized carbons (Fsp3) is 0.320. The fourth-order valence-electron chi connectivity index (χ4n) is 3.76. The summed E-state index contributed by atoms with van der Waals surface area (Å²) < 4.78 is 41.7. The largest absolute Gasteiger partial charge is 0.497 e. The number of amides is 1. The van der Waals surface area contributed by atoms with Gasteiger partial charge in [0.2, 0.25) is 21.8 Å². The van der Waals surface area contributed by atoms with E-state index in [0.717, 1.165) is 25.7 Å². The fourth-order valence-corrected chi connectivity index (χ4v) is 5.22. The van der Waals surface area contributed by atoms with Gasteiger partial charge in [-0.1, -0.05) is 0 Å². The highest BCUT2D eigenvalue weighted by Gasteiger charge is 2.33. The number of benzene rings is 2. The summed E-state index contributed by atoms with van der Waals surface area (Å²) in [6.07, 6.45) is 3.08. The van der Waals surface area contributed by atoms with Crippen LogP contribution in [-0.2, 0) is 14.8 Å². The first kappa shape index (κ1) is 24.8. The quantitative estimate of drug-likeness (QED) is 0.364. The van der Waals surface area contributed by atoms with Gasteiger partial charge in [0.25, 0.3) is 0 Å². The molecule has 12 heteroatoms. The van der Waals surface area contributed by atoms with Gasteiger partial charge in [-0.25, -0.2) is 17.9 Å². The molecule has 1 aromatic heterocycles. The summed E-state index contributed by atoms with van der Waals surface area (Å²) in [4.78, 5) is 23.9. The average Bonchev–Trinajstić information content (AvgIpc) is 3.80. The van der Waals surface area contributed by atoms with E-state index in [0.29, 0.717) is 17.1 Å². The van der Waals surface area contributed by atoms with E-state index in [9.17, 15) is 23.1 Å². The van der Waals surface area contributed by atoms with Gasteiger partial charge >= 0.3 is 5.97 Å². The number of carboxylic acid groups (broad SMARTS) is 1. The third-order valence-electron chi connectivity index (χ3n) is 6.14. The predicted molar refractivity (Wildman–Crippen MR) is 133 cm³/mol. The number of aromatic nitrogens is 2. The number of anilines is 1. The molecule has 2 aliphatic carbocycles. The Morgan fingerprint density at radius 2 is 1.78 bits per heavy atom. The first-order chi connectivity index (χ1) is 17.7. The maximum Gasteiger partial charge on any atom is 0.356 e. The topological polar surface area (TPSA) is 149 Å². The molecule has 1 amide bonds. The highest BCUT2D eigenvalue weighted by Crippen LogP contribution is 2.37. The Morgan fingerprint density at radius 3 is 2.38 bits per heavy atom. The molecule has 5 rings (SSSR count). The number of aromatic carboxylic acids is 1. The van der Waals surface area contributed by atoms with Crippen LogP contribution in [0, 0.1) is 12.8 Å². The van der Waals surface area contributed by atoms with Crippen LogP contribution in [-0.4, -0.2) is 48.3 Å². The summed E-state index contributed by atoms with van der Waals surface area (Å²) in [5.74, 6) is -0.872. The zero-order chi connectivity index (χ0) is 26.3. The number of methoxy groups -OCH3 is 1. The van der Waals surface area contributed by atoms with Crippen LogP contribution in [0.15, 0.2) is 47.4 Å². The third kappa shape index (κ3) is 5.30. The molecule has 2 aromatic carbocycles. The maximum absolute atomic E-state index is 13.3. The first-order valence-electron chi connectivity index (χ1n) is 11.8. The SMILES string of the molecule is COc1ccc(-n2nc(C(=O)O)c(C)c2Oc2ccc(NC(=O)C3CC3)cc2S(=O)(=O)NC2CC2)cc1. The molecule has 194 valence electrons. The van der Waals surface area contributed by atoms with Gasteiger partial charge in [0.1, 0.15) is 16.4 Å². The number of hydrogen-bond acceptors (Lipinski definition) is 7. The lowest BCUT2D eigenvalue weighted by molar-refractivity contribution is -0.117. The molecule has 3 N–H and O–H groups in total. The van der Waals surface area contributed by atoms with Crippen molar-refractivity contribution in [3.8, 4) is 23.1 Å². The van der Waals surface area contributed by atoms with E-state index in [4.69, 9.17) is 9.47 Å². The van der Waals surface area contributed by atoms with Crippen LogP contribution in [0.4, 0.5) is 5.69 Å². The lowest BCUT2D eigenvalue weighted by Gasteiger charge is -2.16. The molecule has 0 radical (unpaired) electrons. The van der Waals surface area contributed by atoms with Crippen LogP contribution in [0.25, 0.3) is 5.69 Å². The molecule has 0 saturated heterocycles. The van der Waals surface area contributed by atoms with Crippen LogP contribution in [0.3, 0.4) is 0 Å². The molecule has 0 aliphatic heterocycles. The molecule has 11 nitrogen and oxygen atoms in total. The molecule has 0 unspecified atom stereocenters. The number of hydrogen-bond donors (Lipinski definition) is 3. The molecule has 0 atom stereocenters. The molecule has 37 heavy (non-hydrogen) atoms. The van der Waals surface area contributed by atoms with Gasteiger partial charge < -0.3 is 19.9 Å². The number of carboxylic acids is 1. The van der Waals surface area contributed by atoms with E-state index in [1.165, 1.54) is 30.8 Å². The minimum Gasteiger partial charge on any atom is -0.497 e. The molecule has 2 saturated carbocycles. The van der Waals surface area contributed by atoms with Crippen molar-refractivity contribution in [1.82, 2.24) is 14.5 Å². The van der Waals surface area contributed by atoms with Crippen molar-refractivity contribution in [2.75, 3.05) is 12.4 Å². The number of carbonyl (C=O) groups excluding carboxylic acids is 1. The molecule has 0 bridgehead atoms. The van der Waals surface area contributed by atoms with Gasteiger partial charge in [-0.3, -0.25) is 4.79 Å². The molecular weight excluding hydrogens is 500 g/mol. The normalized spacial score (nSPS) is 15.3. The minimum absolute atomic E-state index is 0.0349. The predicted octanol–water partition coefficient (Wildman–Crippen LogP) is 3.47. The van der Waals surface area contributed by atoms with Gasteiger partial charge in [0, 0.05) is 23.2 Å². The van der Waals surface area contributed by atoms with Crippen molar-refractivity contribution < 1.29 is 32.6 Å². The van der Waals surface area contributed by atoms with E-state index in [1.54, 1.807) is 30.3 Å². The van der Waals surface area contributed by atoms with Crippen LogP contribution in [0.5, 0.6) is 17.4 Å². The van der Waals surface area contributed by atoms with Crippen molar-refractivity contribution >= 4 is 27.6 Å². The van der Waals surface area contributed by atoms with Crippen molar-refractivity contribution in [3.05, 3.63) is 53.7 Å². The van der Waals surface area contributed by atoms with Gasteiger partial charge in [-0.2, -0.15) is 9.78 Å². The van der Waals surface area contributed by atoms with Gasteiger partial charge in [0.05, 0.1) is 12.8 Å². The molecule has 3 aromatic rings. The Morgan fingerprint density at radius 1 is 1.08 bits per heavy atom. The highest BCUT2D eigenvalue weighted by atomic mass is 32.2. The summed E-state index contributed by atoms with van der Waals surface area (Å²) in [7, 11) is -2.48. The van der Waals surface area contributed by atoms with Crippen LogP contribution in [0.2, 0.25) is 0 Å². The second-order valence-corrected chi connectivity index (χ2v) is 10.8. The molecular formula is C25H26N4O7S. The standard InChI is InChI=1S/C25H26N4O7S/c1-14-22(25(31)32)27-29(18-8-10-19(35-2)11-9-18)24(14)36-20-12-7-17(26-23(30)15-3-4-15)13-21(20)37(33,34)28-16-5-6-16/h7-13,15-16,28H,3-6H2,1-2H3,(H,26,30)(H,31,32). The van der Waals surface area contributed by atoms with E-state index in [1.807, 2.05) is 0 Å². The second kappa shape index (κ2) is 9.52. The smallest absolute Gasteiger partial charge is 0.356 e. The number of rotatable bonds is 10. The second-order valence-electron chi connectivity index (χ2n) is 9.12. The number of nitrogens with one attached hydrogen (secondary N) is 2. The third-order valence-corrected chi connectivity index (χ3v) is 7.68. The van der Waals surface area contributed by atoms with E-state index < -0.39 is 16.0 Å². The molecule has 2 aliphatic rings. The van der Waals surface area contributed by atoms with Crippen LogP contribution >= 0.6 is 0 Å². The Bertz CT molecular complexity index is 1470. The van der Waals surface area contributed by atoms with Crippen LogP contribution in [0.1, 0.15) is 41.7 Å². The Kier molecular flexibility index (Phi) is 6.38. The number of ether oxygens (including phenoxy) is 2. The summed E-state index contributed by atoms with van der Waals surface area (Å²) in [6, 6.07) is 10.9. The zero-order valence-corrected chi connectivity index (χ0v) is 21.0. The van der Waals surface area contributed by atoms with Crippen molar-refractivity contribution in [3.63, 3.8) is 0 Å². The van der Waals surface area contributed by atoms with E-state index in [-0.39, 0.29) is 45.6 Å². The maximum atomic E-state index is 13.3.